The predicted molar refractivity (Wildman–Crippen MR) is 96.0 cm³/mol. The first kappa shape index (κ1) is 18.8. The van der Waals surface area contributed by atoms with Gasteiger partial charge >= 0.3 is 0 Å². The van der Waals surface area contributed by atoms with E-state index >= 15 is 0 Å². The van der Waals surface area contributed by atoms with Gasteiger partial charge in [0.2, 0.25) is 16.9 Å². The number of likely N-dealkylation sites (tertiary alicyclic amines) is 1. The number of nitrogens with one attached hydrogen (secondary N) is 1. The molecule has 2 heterocycles. The zero-order chi connectivity index (χ0) is 17.5. The fourth-order valence-corrected chi connectivity index (χ4v) is 4.00. The average Bonchev–Trinajstić information content (AvgIpc) is 2.98. The van der Waals surface area contributed by atoms with Gasteiger partial charge in [0.15, 0.2) is 0 Å². The van der Waals surface area contributed by atoms with E-state index < -0.39 is 0 Å². The number of hydrogen-bond donors (Lipinski definition) is 1. The summed E-state index contributed by atoms with van der Waals surface area (Å²) in [6.45, 7) is 7.19. The molecule has 0 aliphatic carbocycles. The maximum Gasteiger partial charge on any atom is 0.226 e. The van der Waals surface area contributed by atoms with E-state index in [2.05, 4.69) is 36.3 Å². The summed E-state index contributed by atoms with van der Waals surface area (Å²) in [5.41, 5.74) is 0. The lowest BCUT2D eigenvalue weighted by Gasteiger charge is -2.35. The average molecular weight is 353 g/mol. The third-order valence-electron chi connectivity index (χ3n) is 4.28. The lowest BCUT2D eigenvalue weighted by molar-refractivity contribution is -0.136. The Morgan fingerprint density at radius 1 is 1.29 bits per heavy atom. The third-order valence-corrected chi connectivity index (χ3v) is 5.14. The molecule has 0 spiro atoms. The monoisotopic (exact) mass is 352 g/mol. The third kappa shape index (κ3) is 5.54. The first-order valence-corrected chi connectivity index (χ1v) is 9.73. The molecule has 24 heavy (non-hydrogen) atoms. The van der Waals surface area contributed by atoms with Crippen LogP contribution >= 0.6 is 11.3 Å². The molecule has 0 saturated carbocycles. The molecule has 6 nitrogen and oxygen atoms in total. The van der Waals surface area contributed by atoms with Crippen LogP contribution in [0.4, 0.5) is 5.13 Å². The molecule has 134 valence electrons. The van der Waals surface area contributed by atoms with E-state index in [4.69, 9.17) is 0 Å². The fourth-order valence-electron chi connectivity index (χ4n) is 3.04. The van der Waals surface area contributed by atoms with Gasteiger partial charge in [0.25, 0.3) is 0 Å². The molecule has 1 saturated heterocycles. The summed E-state index contributed by atoms with van der Waals surface area (Å²) in [7, 11) is 0. The molecule has 1 aliphatic heterocycles. The minimum absolute atomic E-state index is 0.0921. The van der Waals surface area contributed by atoms with Crippen LogP contribution < -0.4 is 5.32 Å². The van der Waals surface area contributed by atoms with Crippen molar-refractivity contribution in [2.24, 2.45) is 5.92 Å². The van der Waals surface area contributed by atoms with Crippen molar-refractivity contribution in [1.82, 2.24) is 15.1 Å². The van der Waals surface area contributed by atoms with Gasteiger partial charge in [-0.2, -0.15) is 0 Å². The van der Waals surface area contributed by atoms with Crippen LogP contribution in [0.3, 0.4) is 0 Å². The van der Waals surface area contributed by atoms with E-state index in [1.54, 1.807) is 0 Å². The lowest BCUT2D eigenvalue weighted by atomic mass is 9.99. The first-order chi connectivity index (χ1) is 11.5. The zero-order valence-electron chi connectivity index (χ0n) is 14.9. The van der Waals surface area contributed by atoms with Gasteiger partial charge in [-0.15, -0.1) is 10.2 Å². The Hall–Kier alpha value is -1.50. The minimum Gasteiger partial charge on any atom is -0.340 e. The van der Waals surface area contributed by atoms with Crippen molar-refractivity contribution in [3.8, 4) is 0 Å². The van der Waals surface area contributed by atoms with Gasteiger partial charge in [0.1, 0.15) is 5.01 Å². The van der Waals surface area contributed by atoms with E-state index in [9.17, 15) is 9.59 Å². The molecular formula is C17H28N4O2S. The lowest BCUT2D eigenvalue weighted by Crippen LogP contribution is -2.43. The Morgan fingerprint density at radius 2 is 2.08 bits per heavy atom. The number of rotatable bonds is 7. The molecule has 1 aromatic heterocycles. The molecule has 1 fully saturated rings. The molecule has 2 rings (SSSR count). The van der Waals surface area contributed by atoms with Crippen molar-refractivity contribution >= 4 is 28.3 Å². The highest BCUT2D eigenvalue weighted by Gasteiger charge is 2.25. The first-order valence-electron chi connectivity index (χ1n) is 8.91. The van der Waals surface area contributed by atoms with Gasteiger partial charge in [-0.3, -0.25) is 9.59 Å². The Labute approximate surface area is 148 Å². The van der Waals surface area contributed by atoms with Gasteiger partial charge in [-0.05, 0) is 31.6 Å². The molecule has 1 atom stereocenters. The summed E-state index contributed by atoms with van der Waals surface area (Å²) >= 11 is 1.41. The number of amides is 2. The fraction of sp³-hybridized carbons (Fsp3) is 0.765. The maximum atomic E-state index is 12.4. The Balaban J connectivity index is 1.78. The number of anilines is 1. The summed E-state index contributed by atoms with van der Waals surface area (Å²) < 4.78 is 0. The van der Waals surface area contributed by atoms with Crippen LogP contribution in [0.2, 0.25) is 0 Å². The Morgan fingerprint density at radius 3 is 2.79 bits per heavy atom. The zero-order valence-corrected chi connectivity index (χ0v) is 15.7. The van der Waals surface area contributed by atoms with Crippen LogP contribution in [0.15, 0.2) is 0 Å². The van der Waals surface area contributed by atoms with Crippen LogP contribution in [0.25, 0.3) is 0 Å². The standard InChI is InChI=1S/C17H28N4O2S/c1-4-13-7-5-6-10-21(13)16(23)9-8-14(22)18-17-20-19-15(24-17)11-12(2)3/h12-13H,4-11H2,1-3H3,(H,18,20,22). The molecule has 1 aliphatic rings. The second kappa shape index (κ2) is 9.11. The molecule has 0 bridgehead atoms. The summed E-state index contributed by atoms with van der Waals surface area (Å²) in [6, 6.07) is 0.344. The van der Waals surface area contributed by atoms with Crippen LogP contribution in [0.5, 0.6) is 0 Å². The van der Waals surface area contributed by atoms with E-state index in [1.165, 1.54) is 17.8 Å². The molecule has 7 heteroatoms. The van der Waals surface area contributed by atoms with Gasteiger partial charge in [0.05, 0.1) is 0 Å². The highest BCUT2D eigenvalue weighted by atomic mass is 32.1. The normalized spacial score (nSPS) is 18.0. The van der Waals surface area contributed by atoms with Gasteiger partial charge in [-0.25, -0.2) is 0 Å². The Kier molecular flexibility index (Phi) is 7.15. The van der Waals surface area contributed by atoms with E-state index in [0.29, 0.717) is 17.1 Å². The number of aromatic nitrogens is 2. The number of hydrogen-bond acceptors (Lipinski definition) is 5. The largest absolute Gasteiger partial charge is 0.340 e. The van der Waals surface area contributed by atoms with E-state index in [0.717, 1.165) is 37.2 Å². The highest BCUT2D eigenvalue weighted by Crippen LogP contribution is 2.21. The summed E-state index contributed by atoms with van der Waals surface area (Å²) in [5, 5.41) is 12.3. The molecule has 0 aromatic carbocycles. The second-order valence-corrected chi connectivity index (χ2v) is 7.85. The molecular weight excluding hydrogens is 324 g/mol. The highest BCUT2D eigenvalue weighted by molar-refractivity contribution is 7.15. The van der Waals surface area contributed by atoms with Crippen molar-refractivity contribution in [3.05, 3.63) is 5.01 Å². The van der Waals surface area contributed by atoms with Gasteiger partial charge in [0, 0.05) is 31.8 Å². The van der Waals surface area contributed by atoms with Gasteiger partial charge in [-0.1, -0.05) is 32.1 Å². The topological polar surface area (TPSA) is 75.2 Å². The summed E-state index contributed by atoms with van der Waals surface area (Å²) in [4.78, 5) is 26.4. The minimum atomic E-state index is -0.166. The van der Waals surface area contributed by atoms with Crippen LogP contribution in [0.1, 0.15) is 64.3 Å². The van der Waals surface area contributed by atoms with Crippen LogP contribution in [0, 0.1) is 5.92 Å². The summed E-state index contributed by atoms with van der Waals surface area (Å²) in [5.74, 6) is 0.435. The molecule has 0 radical (unpaired) electrons. The molecule has 1 aromatic rings. The van der Waals surface area contributed by atoms with Crippen molar-refractivity contribution in [2.75, 3.05) is 11.9 Å². The van der Waals surface area contributed by atoms with Crippen molar-refractivity contribution in [2.45, 2.75) is 71.8 Å². The van der Waals surface area contributed by atoms with Crippen molar-refractivity contribution < 1.29 is 9.59 Å². The van der Waals surface area contributed by atoms with Crippen molar-refractivity contribution in [1.29, 1.82) is 0 Å². The molecule has 1 N–H and O–H groups in total. The number of piperidine rings is 1. The quantitative estimate of drug-likeness (QED) is 0.817. The Bertz CT molecular complexity index is 559. The number of nitrogens with zero attached hydrogens (tertiary/aromatic N) is 3. The second-order valence-electron chi connectivity index (χ2n) is 6.79. The SMILES string of the molecule is CCC1CCCCN1C(=O)CCC(=O)Nc1nnc(CC(C)C)s1. The van der Waals surface area contributed by atoms with Gasteiger partial charge < -0.3 is 10.2 Å². The summed E-state index contributed by atoms with van der Waals surface area (Å²) in [6.07, 6.45) is 5.65. The number of carbonyl (C=O) groups excluding carboxylic acids is 2. The smallest absolute Gasteiger partial charge is 0.226 e. The van der Waals surface area contributed by atoms with E-state index in [-0.39, 0.29) is 24.7 Å². The predicted octanol–water partition coefficient (Wildman–Crippen LogP) is 3.25. The maximum absolute atomic E-state index is 12.4. The van der Waals surface area contributed by atoms with Crippen molar-refractivity contribution in [3.63, 3.8) is 0 Å². The molecule has 2 amide bonds. The number of carbonyl (C=O) groups is 2. The van der Waals surface area contributed by atoms with E-state index in [1.807, 2.05) is 4.90 Å². The van der Waals surface area contributed by atoms with Crippen LogP contribution in [-0.2, 0) is 16.0 Å². The van der Waals surface area contributed by atoms with Crippen LogP contribution in [-0.4, -0.2) is 39.5 Å². The molecule has 1 unspecified atom stereocenters.